The first-order valence-electron chi connectivity index (χ1n) is 5.22. The maximum absolute atomic E-state index is 9.03. The van der Waals surface area contributed by atoms with E-state index in [1.165, 1.54) is 0 Å². The van der Waals surface area contributed by atoms with Gasteiger partial charge >= 0.3 is 0 Å². The standard InChI is InChI=1S/C10H22N2O2/c1-9(5-13)12(2)7-10(6-11)3-4-14-8-10/h9,13H,3-8,11H2,1-2H3. The van der Waals surface area contributed by atoms with Crippen molar-refractivity contribution in [2.24, 2.45) is 11.1 Å². The summed E-state index contributed by atoms with van der Waals surface area (Å²) in [5, 5.41) is 9.03. The van der Waals surface area contributed by atoms with Gasteiger partial charge in [-0.15, -0.1) is 0 Å². The molecule has 0 bridgehead atoms. The van der Waals surface area contributed by atoms with Gasteiger partial charge in [0.1, 0.15) is 0 Å². The number of nitrogens with two attached hydrogens (primary N) is 1. The summed E-state index contributed by atoms with van der Waals surface area (Å²) in [4.78, 5) is 2.15. The van der Waals surface area contributed by atoms with Crippen molar-refractivity contribution in [3.63, 3.8) is 0 Å². The van der Waals surface area contributed by atoms with Crippen molar-refractivity contribution in [1.82, 2.24) is 4.90 Å². The zero-order chi connectivity index (χ0) is 10.6. The lowest BCUT2D eigenvalue weighted by Crippen LogP contribution is -2.45. The molecule has 84 valence electrons. The Bertz CT molecular complexity index is 170. The van der Waals surface area contributed by atoms with E-state index in [4.69, 9.17) is 15.6 Å². The molecule has 1 aliphatic rings. The second kappa shape index (κ2) is 5.07. The van der Waals surface area contributed by atoms with Gasteiger partial charge < -0.3 is 20.5 Å². The smallest absolute Gasteiger partial charge is 0.0584 e. The molecule has 0 aromatic heterocycles. The van der Waals surface area contributed by atoms with Crippen molar-refractivity contribution in [3.05, 3.63) is 0 Å². The Hall–Kier alpha value is -0.160. The summed E-state index contributed by atoms with van der Waals surface area (Å²) in [6.07, 6.45) is 1.03. The lowest BCUT2D eigenvalue weighted by Gasteiger charge is -2.33. The molecular weight excluding hydrogens is 180 g/mol. The van der Waals surface area contributed by atoms with E-state index in [0.29, 0.717) is 6.54 Å². The van der Waals surface area contributed by atoms with E-state index in [1.54, 1.807) is 0 Å². The maximum atomic E-state index is 9.03. The van der Waals surface area contributed by atoms with Crippen LogP contribution in [0.5, 0.6) is 0 Å². The van der Waals surface area contributed by atoms with Gasteiger partial charge in [0.2, 0.25) is 0 Å². The molecule has 2 atom stereocenters. The molecule has 3 N–H and O–H groups in total. The molecule has 1 aliphatic heterocycles. The monoisotopic (exact) mass is 202 g/mol. The molecule has 14 heavy (non-hydrogen) atoms. The van der Waals surface area contributed by atoms with Gasteiger partial charge in [0.05, 0.1) is 13.2 Å². The highest BCUT2D eigenvalue weighted by Crippen LogP contribution is 2.28. The molecule has 0 radical (unpaired) electrons. The third kappa shape index (κ3) is 2.67. The SMILES string of the molecule is CC(CO)N(C)CC1(CN)CCOC1. The number of aliphatic hydroxyl groups excluding tert-OH is 1. The fraction of sp³-hybridized carbons (Fsp3) is 1.00. The summed E-state index contributed by atoms with van der Waals surface area (Å²) >= 11 is 0. The number of hydrogen-bond donors (Lipinski definition) is 2. The molecule has 4 nitrogen and oxygen atoms in total. The molecule has 1 rings (SSSR count). The summed E-state index contributed by atoms with van der Waals surface area (Å²) in [6, 6.07) is 0.194. The van der Waals surface area contributed by atoms with E-state index in [9.17, 15) is 0 Å². The highest BCUT2D eigenvalue weighted by Gasteiger charge is 2.35. The molecule has 0 amide bonds. The molecule has 1 fully saturated rings. The molecule has 0 aromatic rings. The minimum absolute atomic E-state index is 0.109. The second-order valence-corrected chi connectivity index (χ2v) is 4.45. The first-order valence-corrected chi connectivity index (χ1v) is 5.22. The molecule has 1 saturated heterocycles. The number of nitrogens with zero attached hydrogens (tertiary/aromatic N) is 1. The summed E-state index contributed by atoms with van der Waals surface area (Å²) in [6.45, 7) is 5.35. The fourth-order valence-electron chi connectivity index (χ4n) is 1.82. The van der Waals surface area contributed by atoms with Gasteiger partial charge in [0.25, 0.3) is 0 Å². The van der Waals surface area contributed by atoms with E-state index in [2.05, 4.69) is 4.90 Å². The Morgan fingerprint density at radius 1 is 1.64 bits per heavy atom. The average Bonchev–Trinajstić information content (AvgIpc) is 2.65. The van der Waals surface area contributed by atoms with Crippen molar-refractivity contribution in [2.45, 2.75) is 19.4 Å². The fourth-order valence-corrected chi connectivity index (χ4v) is 1.82. The summed E-state index contributed by atoms with van der Waals surface area (Å²) in [5.41, 5.74) is 5.90. The van der Waals surface area contributed by atoms with Gasteiger partial charge in [-0.1, -0.05) is 0 Å². The molecule has 0 spiro atoms. The Kier molecular flexibility index (Phi) is 4.31. The van der Waals surface area contributed by atoms with Crippen LogP contribution in [0, 0.1) is 5.41 Å². The lowest BCUT2D eigenvalue weighted by molar-refractivity contribution is 0.0891. The molecule has 0 saturated carbocycles. The van der Waals surface area contributed by atoms with Crippen LogP contribution >= 0.6 is 0 Å². The first-order chi connectivity index (χ1) is 6.63. The topological polar surface area (TPSA) is 58.7 Å². The third-order valence-electron chi connectivity index (χ3n) is 3.22. The van der Waals surface area contributed by atoms with Crippen molar-refractivity contribution in [1.29, 1.82) is 0 Å². The summed E-state index contributed by atoms with van der Waals surface area (Å²) in [7, 11) is 2.02. The Labute approximate surface area is 86.0 Å². The van der Waals surface area contributed by atoms with Gasteiger partial charge in [0, 0.05) is 31.2 Å². The van der Waals surface area contributed by atoms with Crippen LogP contribution in [0.25, 0.3) is 0 Å². The van der Waals surface area contributed by atoms with E-state index in [0.717, 1.165) is 26.2 Å². The third-order valence-corrected chi connectivity index (χ3v) is 3.22. The Morgan fingerprint density at radius 3 is 2.79 bits per heavy atom. The van der Waals surface area contributed by atoms with Crippen LogP contribution in [0.15, 0.2) is 0 Å². The first kappa shape index (κ1) is 11.9. The van der Waals surface area contributed by atoms with Gasteiger partial charge in [-0.05, 0) is 20.4 Å². The van der Waals surface area contributed by atoms with E-state index in [-0.39, 0.29) is 18.1 Å². The van der Waals surface area contributed by atoms with Gasteiger partial charge in [-0.2, -0.15) is 0 Å². The number of ether oxygens (including phenoxy) is 1. The van der Waals surface area contributed by atoms with E-state index in [1.807, 2.05) is 14.0 Å². The van der Waals surface area contributed by atoms with Gasteiger partial charge in [-0.3, -0.25) is 0 Å². The van der Waals surface area contributed by atoms with Crippen molar-refractivity contribution in [3.8, 4) is 0 Å². The van der Waals surface area contributed by atoms with Crippen LogP contribution in [-0.4, -0.2) is 56.0 Å². The zero-order valence-corrected chi connectivity index (χ0v) is 9.20. The molecule has 4 heteroatoms. The van der Waals surface area contributed by atoms with Crippen LogP contribution < -0.4 is 5.73 Å². The predicted molar refractivity (Wildman–Crippen MR) is 56.1 cm³/mol. The quantitative estimate of drug-likeness (QED) is 0.640. The second-order valence-electron chi connectivity index (χ2n) is 4.45. The summed E-state index contributed by atoms with van der Waals surface area (Å²) < 4.78 is 5.40. The summed E-state index contributed by atoms with van der Waals surface area (Å²) in [5.74, 6) is 0. The molecule has 0 aliphatic carbocycles. The largest absolute Gasteiger partial charge is 0.395 e. The van der Waals surface area contributed by atoms with Gasteiger partial charge in [-0.25, -0.2) is 0 Å². The van der Waals surface area contributed by atoms with Crippen LogP contribution in [0.3, 0.4) is 0 Å². The molecular formula is C10H22N2O2. The molecule has 2 unspecified atom stereocenters. The Morgan fingerprint density at radius 2 is 2.36 bits per heavy atom. The van der Waals surface area contributed by atoms with Crippen molar-refractivity contribution < 1.29 is 9.84 Å². The number of aliphatic hydroxyl groups is 1. The Balaban J connectivity index is 2.47. The van der Waals surface area contributed by atoms with Crippen molar-refractivity contribution in [2.75, 3.05) is 40.0 Å². The highest BCUT2D eigenvalue weighted by molar-refractivity contribution is 4.87. The van der Waals surface area contributed by atoms with E-state index >= 15 is 0 Å². The minimum atomic E-state index is 0.109. The average molecular weight is 202 g/mol. The number of rotatable bonds is 5. The van der Waals surface area contributed by atoms with E-state index < -0.39 is 0 Å². The minimum Gasteiger partial charge on any atom is -0.395 e. The normalized spacial score (nSPS) is 29.8. The molecule has 0 aromatic carbocycles. The van der Waals surface area contributed by atoms with Crippen LogP contribution in [0.2, 0.25) is 0 Å². The predicted octanol–water partition coefficient (Wildman–Crippen LogP) is -0.336. The van der Waals surface area contributed by atoms with Gasteiger partial charge in [0.15, 0.2) is 0 Å². The number of hydrogen-bond acceptors (Lipinski definition) is 4. The van der Waals surface area contributed by atoms with Crippen LogP contribution in [0.1, 0.15) is 13.3 Å². The zero-order valence-electron chi connectivity index (χ0n) is 9.20. The maximum Gasteiger partial charge on any atom is 0.0584 e. The highest BCUT2D eigenvalue weighted by atomic mass is 16.5. The van der Waals surface area contributed by atoms with Crippen LogP contribution in [-0.2, 0) is 4.74 Å². The van der Waals surface area contributed by atoms with Crippen LogP contribution in [0.4, 0.5) is 0 Å². The number of likely N-dealkylation sites (N-methyl/N-ethyl adjacent to an activating group) is 1. The lowest BCUT2D eigenvalue weighted by atomic mass is 9.86. The van der Waals surface area contributed by atoms with Crippen molar-refractivity contribution >= 4 is 0 Å². The molecule has 1 heterocycles.